The Balaban J connectivity index is 1.60. The largest absolute Gasteiger partial charge is 0.395 e. The lowest BCUT2D eigenvalue weighted by Gasteiger charge is -2.20. The summed E-state index contributed by atoms with van der Waals surface area (Å²) in [5.74, 6) is -0.218. The standard InChI is InChI=1S/C22H24N2O3/c25-15-14-24(16-18-4-2-1-3-5-18)21(26)13-8-17-6-9-19(10-7-17)22(27)23-20-11-12-20/h1-10,13,20,25H,11-12,14-16H2,(H,23,27)/b13-8+. The van der Waals surface area contributed by atoms with Crippen molar-refractivity contribution in [2.75, 3.05) is 13.2 Å². The lowest BCUT2D eigenvalue weighted by molar-refractivity contribution is -0.127. The van der Waals surface area contributed by atoms with Crippen LogP contribution in [0.15, 0.2) is 60.7 Å². The van der Waals surface area contributed by atoms with Crippen molar-refractivity contribution in [1.29, 1.82) is 0 Å². The van der Waals surface area contributed by atoms with Crippen LogP contribution in [0.3, 0.4) is 0 Å². The summed E-state index contributed by atoms with van der Waals surface area (Å²) in [6.07, 6.45) is 5.34. The molecule has 0 heterocycles. The Kier molecular flexibility index (Phi) is 6.39. The molecule has 2 N–H and O–H groups in total. The summed E-state index contributed by atoms with van der Waals surface area (Å²) in [4.78, 5) is 26.1. The molecule has 140 valence electrons. The van der Waals surface area contributed by atoms with Gasteiger partial charge in [-0.15, -0.1) is 0 Å². The van der Waals surface area contributed by atoms with Gasteiger partial charge in [-0.05, 0) is 42.2 Å². The molecule has 0 radical (unpaired) electrons. The van der Waals surface area contributed by atoms with Crippen molar-refractivity contribution >= 4 is 17.9 Å². The number of rotatable bonds is 8. The molecular weight excluding hydrogens is 340 g/mol. The maximum atomic E-state index is 12.5. The number of hydrogen-bond donors (Lipinski definition) is 2. The van der Waals surface area contributed by atoms with Gasteiger partial charge in [-0.3, -0.25) is 9.59 Å². The molecule has 0 saturated heterocycles. The van der Waals surface area contributed by atoms with Crippen LogP contribution in [-0.4, -0.2) is 41.0 Å². The molecule has 1 aliphatic rings. The van der Waals surface area contributed by atoms with Gasteiger partial charge in [-0.25, -0.2) is 0 Å². The van der Waals surface area contributed by atoms with Gasteiger partial charge >= 0.3 is 0 Å². The first kappa shape index (κ1) is 18.9. The van der Waals surface area contributed by atoms with Crippen molar-refractivity contribution < 1.29 is 14.7 Å². The fourth-order valence-electron chi connectivity index (χ4n) is 2.71. The van der Waals surface area contributed by atoms with E-state index in [0.29, 0.717) is 18.2 Å². The lowest BCUT2D eigenvalue weighted by Crippen LogP contribution is -2.31. The monoisotopic (exact) mass is 364 g/mol. The van der Waals surface area contributed by atoms with E-state index < -0.39 is 0 Å². The zero-order chi connectivity index (χ0) is 19.1. The normalized spacial score (nSPS) is 13.5. The molecule has 27 heavy (non-hydrogen) atoms. The molecule has 1 fully saturated rings. The highest BCUT2D eigenvalue weighted by atomic mass is 16.3. The van der Waals surface area contributed by atoms with Crippen LogP contribution in [0.5, 0.6) is 0 Å². The number of amides is 2. The van der Waals surface area contributed by atoms with E-state index in [1.54, 1.807) is 23.1 Å². The molecule has 2 amide bonds. The Morgan fingerprint density at radius 1 is 1.07 bits per heavy atom. The molecule has 0 aromatic heterocycles. The second-order valence-electron chi connectivity index (χ2n) is 6.67. The lowest BCUT2D eigenvalue weighted by atomic mass is 10.1. The first-order valence-corrected chi connectivity index (χ1v) is 9.18. The average molecular weight is 364 g/mol. The second kappa shape index (κ2) is 9.14. The van der Waals surface area contributed by atoms with E-state index in [9.17, 15) is 14.7 Å². The van der Waals surface area contributed by atoms with Gasteiger partial charge in [0.15, 0.2) is 0 Å². The number of nitrogens with zero attached hydrogens (tertiary/aromatic N) is 1. The topological polar surface area (TPSA) is 69.6 Å². The van der Waals surface area contributed by atoms with Gasteiger partial charge in [-0.1, -0.05) is 42.5 Å². The van der Waals surface area contributed by atoms with Crippen LogP contribution in [0.4, 0.5) is 0 Å². The second-order valence-corrected chi connectivity index (χ2v) is 6.67. The van der Waals surface area contributed by atoms with Gasteiger partial charge in [0.2, 0.25) is 5.91 Å². The van der Waals surface area contributed by atoms with Crippen molar-refractivity contribution in [2.45, 2.75) is 25.4 Å². The molecule has 2 aromatic rings. The summed E-state index contributed by atoms with van der Waals surface area (Å²) in [7, 11) is 0. The molecule has 0 spiro atoms. The predicted molar refractivity (Wildman–Crippen MR) is 105 cm³/mol. The molecule has 2 aromatic carbocycles. The van der Waals surface area contributed by atoms with Crippen LogP contribution in [0.2, 0.25) is 0 Å². The van der Waals surface area contributed by atoms with E-state index in [1.807, 2.05) is 42.5 Å². The summed E-state index contributed by atoms with van der Waals surface area (Å²) in [5, 5.41) is 12.2. The first-order chi connectivity index (χ1) is 13.2. The molecular formula is C22H24N2O3. The van der Waals surface area contributed by atoms with Crippen LogP contribution in [0, 0.1) is 0 Å². The van der Waals surface area contributed by atoms with Gasteiger partial charge < -0.3 is 15.3 Å². The molecule has 0 unspecified atom stereocenters. The quantitative estimate of drug-likeness (QED) is 0.708. The van der Waals surface area contributed by atoms with E-state index in [2.05, 4.69) is 5.32 Å². The van der Waals surface area contributed by atoms with Crippen molar-refractivity contribution in [3.63, 3.8) is 0 Å². The van der Waals surface area contributed by atoms with E-state index in [4.69, 9.17) is 0 Å². The van der Waals surface area contributed by atoms with E-state index >= 15 is 0 Å². The van der Waals surface area contributed by atoms with Gasteiger partial charge in [0, 0.05) is 30.8 Å². The Bertz CT molecular complexity index is 796. The minimum atomic E-state index is -0.163. The van der Waals surface area contributed by atoms with Crippen molar-refractivity contribution in [3.8, 4) is 0 Å². The number of carbonyl (C=O) groups is 2. The van der Waals surface area contributed by atoms with Gasteiger partial charge in [0.05, 0.1) is 6.61 Å². The number of aliphatic hydroxyl groups excluding tert-OH is 1. The summed E-state index contributed by atoms with van der Waals surface area (Å²) in [6.45, 7) is 0.639. The smallest absolute Gasteiger partial charge is 0.251 e. The molecule has 5 heteroatoms. The highest BCUT2D eigenvalue weighted by Gasteiger charge is 2.23. The van der Waals surface area contributed by atoms with Crippen LogP contribution in [0.25, 0.3) is 6.08 Å². The summed E-state index contributed by atoms with van der Waals surface area (Å²) in [6, 6.07) is 17.2. The van der Waals surface area contributed by atoms with Crippen molar-refractivity contribution in [2.24, 2.45) is 0 Å². The first-order valence-electron chi connectivity index (χ1n) is 9.18. The van der Waals surface area contributed by atoms with Crippen LogP contribution in [-0.2, 0) is 11.3 Å². The highest BCUT2D eigenvalue weighted by Crippen LogP contribution is 2.19. The van der Waals surface area contributed by atoms with Crippen LogP contribution < -0.4 is 5.32 Å². The number of aliphatic hydroxyl groups is 1. The minimum Gasteiger partial charge on any atom is -0.395 e. The number of benzene rings is 2. The Morgan fingerprint density at radius 2 is 1.78 bits per heavy atom. The molecule has 0 atom stereocenters. The zero-order valence-corrected chi connectivity index (χ0v) is 15.2. The number of carbonyl (C=O) groups excluding carboxylic acids is 2. The number of nitrogens with one attached hydrogen (secondary N) is 1. The zero-order valence-electron chi connectivity index (χ0n) is 15.2. The average Bonchev–Trinajstić information content (AvgIpc) is 3.51. The van der Waals surface area contributed by atoms with E-state index in [1.165, 1.54) is 6.08 Å². The predicted octanol–water partition coefficient (Wildman–Crippen LogP) is 2.61. The summed E-state index contributed by atoms with van der Waals surface area (Å²) in [5.41, 5.74) is 2.48. The molecule has 0 aliphatic heterocycles. The summed E-state index contributed by atoms with van der Waals surface area (Å²) >= 11 is 0. The van der Waals surface area contributed by atoms with E-state index in [0.717, 1.165) is 24.0 Å². The Morgan fingerprint density at radius 3 is 2.41 bits per heavy atom. The third kappa shape index (κ3) is 5.79. The number of hydrogen-bond acceptors (Lipinski definition) is 3. The minimum absolute atomic E-state index is 0.0545. The maximum absolute atomic E-state index is 12.5. The SMILES string of the molecule is O=C(NC1CC1)c1ccc(/C=C/C(=O)N(CCO)Cc2ccccc2)cc1. The van der Waals surface area contributed by atoms with Crippen molar-refractivity contribution in [3.05, 3.63) is 77.4 Å². The fourth-order valence-corrected chi connectivity index (χ4v) is 2.71. The van der Waals surface area contributed by atoms with Gasteiger partial charge in [0.25, 0.3) is 5.91 Å². The summed E-state index contributed by atoms with van der Waals surface area (Å²) < 4.78 is 0. The molecule has 1 aliphatic carbocycles. The fraction of sp³-hybridized carbons (Fsp3) is 0.273. The Labute approximate surface area is 159 Å². The van der Waals surface area contributed by atoms with Gasteiger partial charge in [0.1, 0.15) is 0 Å². The van der Waals surface area contributed by atoms with Crippen LogP contribution >= 0.6 is 0 Å². The molecule has 1 saturated carbocycles. The van der Waals surface area contributed by atoms with Crippen LogP contribution in [0.1, 0.15) is 34.3 Å². The third-order valence-electron chi connectivity index (χ3n) is 4.40. The highest BCUT2D eigenvalue weighted by molar-refractivity contribution is 5.95. The molecule has 0 bridgehead atoms. The van der Waals surface area contributed by atoms with Crippen molar-refractivity contribution in [1.82, 2.24) is 10.2 Å². The Hall–Kier alpha value is -2.92. The third-order valence-corrected chi connectivity index (χ3v) is 4.40. The van der Waals surface area contributed by atoms with Gasteiger partial charge in [-0.2, -0.15) is 0 Å². The molecule has 3 rings (SSSR count). The maximum Gasteiger partial charge on any atom is 0.251 e. The molecule has 5 nitrogen and oxygen atoms in total. The van der Waals surface area contributed by atoms with E-state index in [-0.39, 0.29) is 25.0 Å².